The van der Waals surface area contributed by atoms with Crippen molar-refractivity contribution >= 4 is 27.1 Å². The largest absolute Gasteiger partial charge is 0.299 e. The van der Waals surface area contributed by atoms with Crippen molar-refractivity contribution in [1.82, 2.24) is 4.90 Å². The van der Waals surface area contributed by atoms with E-state index >= 15 is 0 Å². The van der Waals surface area contributed by atoms with Crippen molar-refractivity contribution in [2.75, 3.05) is 6.54 Å². The van der Waals surface area contributed by atoms with E-state index in [2.05, 4.69) is 11.0 Å². The fourth-order valence-electron chi connectivity index (χ4n) is 4.05. The van der Waals surface area contributed by atoms with Gasteiger partial charge in [0, 0.05) is 42.2 Å². The summed E-state index contributed by atoms with van der Waals surface area (Å²) in [7, 11) is -3.78. The van der Waals surface area contributed by atoms with Crippen LogP contribution in [0.5, 0.6) is 0 Å². The van der Waals surface area contributed by atoms with E-state index in [9.17, 15) is 22.9 Å². The topological polar surface area (TPSA) is 104 Å². The van der Waals surface area contributed by atoms with Crippen LogP contribution in [0.25, 0.3) is 0 Å². The Balaban J connectivity index is 1.45. The van der Waals surface area contributed by atoms with Gasteiger partial charge in [-0.15, -0.1) is 11.3 Å². The number of thiophene rings is 1. The highest BCUT2D eigenvalue weighted by molar-refractivity contribution is 7.89. The Morgan fingerprint density at radius 1 is 1.15 bits per heavy atom. The maximum absolute atomic E-state index is 13.5. The number of hydrogen-bond acceptors (Lipinski definition) is 6. The van der Waals surface area contributed by atoms with Crippen molar-refractivity contribution in [1.29, 1.82) is 5.26 Å². The van der Waals surface area contributed by atoms with Crippen LogP contribution < -0.4 is 5.14 Å². The van der Waals surface area contributed by atoms with E-state index in [1.807, 2.05) is 6.07 Å². The van der Waals surface area contributed by atoms with Gasteiger partial charge >= 0.3 is 0 Å². The summed E-state index contributed by atoms with van der Waals surface area (Å²) in [5.74, 6) is -0.316. The Bertz CT molecular complexity index is 1340. The molecule has 4 rings (SSSR count). The molecule has 0 unspecified atom stereocenters. The maximum atomic E-state index is 13.5. The molecule has 1 aliphatic heterocycles. The lowest BCUT2D eigenvalue weighted by atomic mass is 10.00. The number of carbonyl (C=O) groups excluding carboxylic acids is 1. The number of hydrogen-bond donors (Lipinski definition) is 1. The molecule has 0 radical (unpaired) electrons. The lowest BCUT2D eigenvalue weighted by molar-refractivity contribution is -0.117. The van der Waals surface area contributed by atoms with Gasteiger partial charge in [-0.1, -0.05) is 24.3 Å². The molecule has 0 spiro atoms. The van der Waals surface area contributed by atoms with Gasteiger partial charge in [-0.3, -0.25) is 9.69 Å². The fourth-order valence-corrected chi connectivity index (χ4v) is 5.85. The maximum Gasteiger partial charge on any atom is 0.238 e. The van der Waals surface area contributed by atoms with Crippen molar-refractivity contribution in [3.8, 4) is 6.07 Å². The molecule has 0 bridgehead atoms. The molecule has 0 fully saturated rings. The predicted molar refractivity (Wildman–Crippen MR) is 123 cm³/mol. The number of sulfonamides is 1. The third-order valence-corrected chi connectivity index (χ3v) is 7.84. The van der Waals surface area contributed by atoms with Crippen LogP contribution in [-0.4, -0.2) is 25.6 Å². The van der Waals surface area contributed by atoms with E-state index in [0.717, 1.165) is 33.8 Å². The number of carbonyl (C=O) groups is 1. The molecule has 3 aromatic rings. The Labute approximate surface area is 196 Å². The molecule has 170 valence electrons. The summed E-state index contributed by atoms with van der Waals surface area (Å²) < 4.78 is 36.3. The Kier molecular flexibility index (Phi) is 6.72. The number of nitrogens with two attached hydrogens (primary N) is 1. The van der Waals surface area contributed by atoms with Crippen molar-refractivity contribution in [2.45, 2.75) is 37.2 Å². The lowest BCUT2D eigenvalue weighted by Gasteiger charge is -2.27. The quantitative estimate of drug-likeness (QED) is 0.555. The average Bonchev–Trinajstić information content (AvgIpc) is 3.09. The monoisotopic (exact) mass is 483 g/mol. The second-order valence-electron chi connectivity index (χ2n) is 8.09. The van der Waals surface area contributed by atoms with E-state index < -0.39 is 10.0 Å². The number of nitriles is 1. The smallest absolute Gasteiger partial charge is 0.238 e. The first-order valence-electron chi connectivity index (χ1n) is 10.4. The van der Waals surface area contributed by atoms with Crippen LogP contribution in [0.2, 0.25) is 0 Å². The highest BCUT2D eigenvalue weighted by Crippen LogP contribution is 2.34. The Morgan fingerprint density at radius 3 is 2.58 bits per heavy atom. The van der Waals surface area contributed by atoms with E-state index in [1.54, 1.807) is 18.2 Å². The van der Waals surface area contributed by atoms with Crippen LogP contribution in [0, 0.1) is 17.1 Å². The van der Waals surface area contributed by atoms with Crippen molar-refractivity contribution < 1.29 is 17.6 Å². The normalized spacial score (nSPS) is 14.0. The van der Waals surface area contributed by atoms with Crippen LogP contribution >= 0.6 is 11.3 Å². The number of halogens is 1. The lowest BCUT2D eigenvalue weighted by Crippen LogP contribution is -2.29. The van der Waals surface area contributed by atoms with Crippen LogP contribution in [0.4, 0.5) is 4.39 Å². The van der Waals surface area contributed by atoms with Crippen LogP contribution in [0.1, 0.15) is 32.0 Å². The minimum absolute atomic E-state index is 0.000747. The van der Waals surface area contributed by atoms with Crippen LogP contribution in [0.15, 0.2) is 53.4 Å². The first kappa shape index (κ1) is 23.3. The molecule has 2 aromatic carbocycles. The molecular weight excluding hydrogens is 461 g/mol. The van der Waals surface area contributed by atoms with Gasteiger partial charge in [-0.25, -0.2) is 17.9 Å². The summed E-state index contributed by atoms with van der Waals surface area (Å²) in [6.07, 6.45) is 1.08. The third-order valence-electron chi connectivity index (χ3n) is 5.62. The average molecular weight is 484 g/mol. The zero-order valence-corrected chi connectivity index (χ0v) is 19.4. The molecule has 0 saturated carbocycles. The van der Waals surface area contributed by atoms with E-state index in [1.165, 1.54) is 35.6 Å². The fraction of sp³-hybridized carbons (Fsp3) is 0.250. The second-order valence-corrected chi connectivity index (χ2v) is 10.8. The molecule has 9 heteroatoms. The first-order chi connectivity index (χ1) is 15.7. The van der Waals surface area contributed by atoms with Gasteiger partial charge in [0.25, 0.3) is 0 Å². The van der Waals surface area contributed by atoms with Gasteiger partial charge in [-0.2, -0.15) is 5.26 Å². The minimum Gasteiger partial charge on any atom is -0.299 e. The summed E-state index contributed by atoms with van der Waals surface area (Å²) >= 11 is 1.52. The summed E-state index contributed by atoms with van der Waals surface area (Å²) in [5, 5.41) is 14.9. The molecule has 0 saturated heterocycles. The number of benzene rings is 2. The number of Topliss-reactive ketones (excluding diaryl/α,β-unsaturated/α-hetero) is 1. The van der Waals surface area contributed by atoms with Crippen molar-refractivity contribution in [3.63, 3.8) is 0 Å². The zero-order chi connectivity index (χ0) is 23.6. The zero-order valence-electron chi connectivity index (χ0n) is 17.8. The first-order valence-corrected chi connectivity index (χ1v) is 12.7. The standard InChI is InChI=1S/C24H22FN3O3S2/c25-18-3-1-2-17(10-18)14-28-9-8-23-22(15-28)21(13-26)24(32-23)12-19(29)11-16-4-6-20(7-5-16)33(27,30)31/h1-7,10H,8-9,11-12,14-15H2,(H2,27,30,31). The molecular formula is C24H22FN3O3S2. The van der Waals surface area contributed by atoms with Crippen molar-refractivity contribution in [3.05, 3.63) is 86.4 Å². The number of rotatable bonds is 7. The molecule has 2 N–H and O–H groups in total. The van der Waals surface area contributed by atoms with Gasteiger partial charge in [0.2, 0.25) is 10.0 Å². The number of ketones is 1. The van der Waals surface area contributed by atoms with Gasteiger partial charge in [0.05, 0.1) is 10.5 Å². The van der Waals surface area contributed by atoms with Gasteiger partial charge in [0.15, 0.2) is 0 Å². The highest BCUT2D eigenvalue weighted by Gasteiger charge is 2.25. The van der Waals surface area contributed by atoms with Gasteiger partial charge in [0.1, 0.15) is 17.7 Å². The third kappa shape index (κ3) is 5.54. The Morgan fingerprint density at radius 2 is 1.91 bits per heavy atom. The summed E-state index contributed by atoms with van der Waals surface area (Å²) in [5.41, 5.74) is 3.10. The summed E-state index contributed by atoms with van der Waals surface area (Å²) in [6, 6.07) is 14.7. The predicted octanol–water partition coefficient (Wildman–Crippen LogP) is 3.32. The molecule has 0 aliphatic carbocycles. The van der Waals surface area contributed by atoms with Gasteiger partial charge < -0.3 is 0 Å². The number of primary sulfonamides is 1. The van der Waals surface area contributed by atoms with Crippen LogP contribution in [-0.2, 0) is 47.2 Å². The summed E-state index contributed by atoms with van der Waals surface area (Å²) in [4.78, 5) is 16.8. The molecule has 1 aliphatic rings. The van der Waals surface area contributed by atoms with E-state index in [0.29, 0.717) is 24.2 Å². The SMILES string of the molecule is N#Cc1c(CC(=O)Cc2ccc(S(N)(=O)=O)cc2)sc2c1CN(Cc1cccc(F)c1)CC2. The number of nitrogens with zero attached hydrogens (tertiary/aromatic N) is 2. The van der Waals surface area contributed by atoms with Crippen molar-refractivity contribution in [2.24, 2.45) is 5.14 Å². The van der Waals surface area contributed by atoms with E-state index in [-0.39, 0.29) is 29.3 Å². The molecule has 6 nitrogen and oxygen atoms in total. The molecule has 1 aromatic heterocycles. The minimum atomic E-state index is -3.78. The molecule has 0 amide bonds. The molecule has 2 heterocycles. The van der Waals surface area contributed by atoms with Crippen LogP contribution in [0.3, 0.4) is 0 Å². The molecule has 33 heavy (non-hydrogen) atoms. The number of fused-ring (bicyclic) bond motifs is 1. The summed E-state index contributed by atoms with van der Waals surface area (Å²) in [6.45, 7) is 1.99. The molecule has 0 atom stereocenters. The highest BCUT2D eigenvalue weighted by atomic mass is 32.2. The Hall–Kier alpha value is -2.90. The second kappa shape index (κ2) is 9.53. The van der Waals surface area contributed by atoms with E-state index in [4.69, 9.17) is 5.14 Å². The van der Waals surface area contributed by atoms with Gasteiger partial charge in [-0.05, 0) is 47.4 Å².